The van der Waals surface area contributed by atoms with Gasteiger partial charge in [-0.3, -0.25) is 4.79 Å². The van der Waals surface area contributed by atoms with E-state index in [0.717, 1.165) is 0 Å². The zero-order valence-electron chi connectivity index (χ0n) is 6.85. The normalized spacial score (nSPS) is 10.0. The Bertz CT molecular complexity index is 370. The third kappa shape index (κ3) is 2.41. The number of carbonyl (C=O) groups is 1. The molecule has 0 bridgehead atoms. The molecule has 0 heterocycles. The molecule has 1 aromatic rings. The van der Waals surface area contributed by atoms with Crippen molar-refractivity contribution in [1.29, 1.82) is 0 Å². The maximum Gasteiger partial charge on any atom is 0.234 e. The summed E-state index contributed by atoms with van der Waals surface area (Å²) in [5.41, 5.74) is -0.400. The average Bonchev–Trinajstić information content (AvgIpc) is 2.14. The zero-order chi connectivity index (χ0) is 10.7. The van der Waals surface area contributed by atoms with E-state index in [0.29, 0.717) is 12.1 Å². The SMILES string of the molecule is O=C(CS)Nc1cc(F)c(F)cc1F. The molecule has 0 atom stereocenters. The van der Waals surface area contributed by atoms with Crippen LogP contribution in [-0.4, -0.2) is 11.7 Å². The van der Waals surface area contributed by atoms with Crippen LogP contribution in [0.15, 0.2) is 12.1 Å². The second-order valence-corrected chi connectivity index (χ2v) is 2.77. The van der Waals surface area contributed by atoms with Crippen molar-refractivity contribution in [3.8, 4) is 0 Å². The second-order valence-electron chi connectivity index (χ2n) is 2.45. The van der Waals surface area contributed by atoms with E-state index in [4.69, 9.17) is 0 Å². The zero-order valence-corrected chi connectivity index (χ0v) is 7.75. The summed E-state index contributed by atoms with van der Waals surface area (Å²) < 4.78 is 37.9. The molecule has 0 aliphatic carbocycles. The number of benzene rings is 1. The Kier molecular flexibility index (Phi) is 3.40. The maximum absolute atomic E-state index is 12.9. The van der Waals surface area contributed by atoms with Crippen LogP contribution in [0.2, 0.25) is 0 Å². The fraction of sp³-hybridized carbons (Fsp3) is 0.125. The minimum atomic E-state index is -1.30. The molecule has 0 aliphatic rings. The minimum Gasteiger partial charge on any atom is -0.323 e. The maximum atomic E-state index is 12.9. The van der Waals surface area contributed by atoms with E-state index in [-0.39, 0.29) is 5.75 Å². The fourth-order valence-electron chi connectivity index (χ4n) is 0.808. The molecule has 0 fully saturated rings. The van der Waals surface area contributed by atoms with Gasteiger partial charge in [0.2, 0.25) is 5.91 Å². The summed E-state index contributed by atoms with van der Waals surface area (Å²) in [6.45, 7) is 0. The van der Waals surface area contributed by atoms with E-state index in [1.54, 1.807) is 0 Å². The van der Waals surface area contributed by atoms with Gasteiger partial charge in [-0.25, -0.2) is 13.2 Å². The second kappa shape index (κ2) is 4.36. The van der Waals surface area contributed by atoms with E-state index in [9.17, 15) is 18.0 Å². The number of nitrogens with one attached hydrogen (secondary N) is 1. The molecule has 0 spiro atoms. The summed E-state index contributed by atoms with van der Waals surface area (Å²) in [6, 6.07) is 0.940. The van der Waals surface area contributed by atoms with E-state index >= 15 is 0 Å². The molecular weight excluding hydrogens is 215 g/mol. The summed E-state index contributed by atoms with van der Waals surface area (Å²) in [6.07, 6.45) is 0. The van der Waals surface area contributed by atoms with Crippen LogP contribution in [0, 0.1) is 17.5 Å². The Labute approximate surface area is 83.5 Å². The molecule has 1 aromatic carbocycles. The van der Waals surface area contributed by atoms with Crippen LogP contribution < -0.4 is 5.32 Å². The molecule has 0 radical (unpaired) electrons. The predicted molar refractivity (Wildman–Crippen MR) is 48.8 cm³/mol. The Hall–Kier alpha value is -1.17. The Balaban J connectivity index is 2.98. The van der Waals surface area contributed by atoms with Crippen molar-refractivity contribution in [2.45, 2.75) is 0 Å². The van der Waals surface area contributed by atoms with E-state index < -0.39 is 29.0 Å². The lowest BCUT2D eigenvalue weighted by Crippen LogP contribution is -2.14. The lowest BCUT2D eigenvalue weighted by Gasteiger charge is -2.04. The molecule has 14 heavy (non-hydrogen) atoms. The molecule has 1 N–H and O–H groups in total. The number of rotatable bonds is 2. The molecule has 0 saturated carbocycles. The fourth-order valence-corrected chi connectivity index (χ4v) is 0.887. The van der Waals surface area contributed by atoms with Gasteiger partial charge < -0.3 is 5.32 Å². The summed E-state index contributed by atoms with van der Waals surface area (Å²) >= 11 is 3.62. The van der Waals surface area contributed by atoms with Gasteiger partial charge in [-0.1, -0.05) is 0 Å². The van der Waals surface area contributed by atoms with Gasteiger partial charge in [0.05, 0.1) is 11.4 Å². The number of halogens is 3. The summed E-state index contributed by atoms with van der Waals surface area (Å²) in [5.74, 6) is -4.32. The summed E-state index contributed by atoms with van der Waals surface area (Å²) in [4.78, 5) is 10.8. The van der Waals surface area contributed by atoms with Crippen LogP contribution in [-0.2, 0) is 4.79 Å². The number of amides is 1. The van der Waals surface area contributed by atoms with Crippen LogP contribution in [0.25, 0.3) is 0 Å². The first kappa shape index (κ1) is 10.9. The molecule has 76 valence electrons. The van der Waals surface area contributed by atoms with Gasteiger partial charge in [0.25, 0.3) is 0 Å². The smallest absolute Gasteiger partial charge is 0.234 e. The molecule has 0 aliphatic heterocycles. The Morgan fingerprint density at radius 2 is 1.79 bits per heavy atom. The number of thiol groups is 1. The molecule has 2 nitrogen and oxygen atoms in total. The lowest BCUT2D eigenvalue weighted by atomic mass is 10.3. The lowest BCUT2D eigenvalue weighted by molar-refractivity contribution is -0.113. The van der Waals surface area contributed by atoms with E-state index in [1.807, 2.05) is 5.32 Å². The molecule has 1 amide bonds. The number of hydrogen-bond acceptors (Lipinski definition) is 2. The largest absolute Gasteiger partial charge is 0.323 e. The van der Waals surface area contributed by atoms with Crippen LogP contribution in [0.3, 0.4) is 0 Å². The highest BCUT2D eigenvalue weighted by molar-refractivity contribution is 7.81. The molecule has 0 saturated heterocycles. The van der Waals surface area contributed by atoms with Gasteiger partial charge in [0, 0.05) is 12.1 Å². The third-order valence-corrected chi connectivity index (χ3v) is 1.71. The number of carbonyl (C=O) groups excluding carboxylic acids is 1. The van der Waals surface area contributed by atoms with Crippen LogP contribution in [0.1, 0.15) is 0 Å². The van der Waals surface area contributed by atoms with Crippen molar-refractivity contribution in [3.05, 3.63) is 29.6 Å². The Morgan fingerprint density at radius 1 is 1.21 bits per heavy atom. The van der Waals surface area contributed by atoms with E-state index in [2.05, 4.69) is 12.6 Å². The highest BCUT2D eigenvalue weighted by Crippen LogP contribution is 2.18. The molecule has 0 unspecified atom stereocenters. The quantitative estimate of drug-likeness (QED) is 0.580. The summed E-state index contributed by atoms with van der Waals surface area (Å²) in [7, 11) is 0. The van der Waals surface area contributed by atoms with E-state index in [1.165, 1.54) is 0 Å². The van der Waals surface area contributed by atoms with Crippen LogP contribution in [0.5, 0.6) is 0 Å². The summed E-state index contributed by atoms with van der Waals surface area (Å²) in [5, 5.41) is 2.03. The van der Waals surface area contributed by atoms with Crippen molar-refractivity contribution in [2.24, 2.45) is 0 Å². The first-order valence-electron chi connectivity index (χ1n) is 3.60. The highest BCUT2D eigenvalue weighted by Gasteiger charge is 2.11. The average molecular weight is 221 g/mol. The van der Waals surface area contributed by atoms with Gasteiger partial charge in [-0.05, 0) is 0 Å². The minimum absolute atomic E-state index is 0.168. The van der Waals surface area contributed by atoms with Crippen LogP contribution in [0.4, 0.5) is 18.9 Å². The molecule has 1 rings (SSSR count). The van der Waals surface area contributed by atoms with Crippen molar-refractivity contribution in [1.82, 2.24) is 0 Å². The number of hydrogen-bond donors (Lipinski definition) is 2. The topological polar surface area (TPSA) is 29.1 Å². The van der Waals surface area contributed by atoms with Gasteiger partial charge in [-0.15, -0.1) is 0 Å². The predicted octanol–water partition coefficient (Wildman–Crippen LogP) is 1.97. The third-order valence-electron chi connectivity index (χ3n) is 1.43. The molecular formula is C8H6F3NOS. The van der Waals surface area contributed by atoms with Crippen molar-refractivity contribution >= 4 is 24.2 Å². The van der Waals surface area contributed by atoms with Gasteiger partial charge >= 0.3 is 0 Å². The first-order valence-corrected chi connectivity index (χ1v) is 4.23. The molecule has 6 heteroatoms. The monoisotopic (exact) mass is 221 g/mol. The Morgan fingerprint density at radius 3 is 2.36 bits per heavy atom. The van der Waals surface area contributed by atoms with Crippen LogP contribution >= 0.6 is 12.6 Å². The van der Waals surface area contributed by atoms with Gasteiger partial charge in [-0.2, -0.15) is 12.6 Å². The van der Waals surface area contributed by atoms with Crippen molar-refractivity contribution in [3.63, 3.8) is 0 Å². The molecule has 0 aromatic heterocycles. The van der Waals surface area contributed by atoms with Crippen molar-refractivity contribution < 1.29 is 18.0 Å². The van der Waals surface area contributed by atoms with Gasteiger partial charge in [0.15, 0.2) is 11.6 Å². The van der Waals surface area contributed by atoms with Crippen molar-refractivity contribution in [2.75, 3.05) is 11.1 Å². The highest BCUT2D eigenvalue weighted by atomic mass is 32.1. The number of anilines is 1. The standard InChI is InChI=1S/C8H6F3NOS/c9-4-1-6(11)7(2-5(4)10)12-8(13)3-14/h1-2,14H,3H2,(H,12,13). The first-order chi connectivity index (χ1) is 6.54. The van der Waals surface area contributed by atoms with Gasteiger partial charge in [0.1, 0.15) is 5.82 Å².